The first-order valence-corrected chi connectivity index (χ1v) is 14.8. The van der Waals surface area contributed by atoms with E-state index in [-0.39, 0.29) is 17.3 Å². The molecule has 7 nitrogen and oxygen atoms in total. The molecule has 0 heterocycles. The van der Waals surface area contributed by atoms with Crippen molar-refractivity contribution in [2.24, 2.45) is 0 Å². The normalized spacial score (nSPS) is 12.1. The number of carbonyl (C=O) groups excluding carboxylic acids is 2. The third kappa shape index (κ3) is 7.75. The topological polar surface area (TPSA) is 86.8 Å². The molecule has 2 amide bonds. The summed E-state index contributed by atoms with van der Waals surface area (Å²) >= 11 is 12.3. The zero-order valence-corrected chi connectivity index (χ0v) is 24.8. The van der Waals surface area contributed by atoms with Gasteiger partial charge in [-0.1, -0.05) is 71.6 Å². The Hall–Kier alpha value is -3.07. The van der Waals surface area contributed by atoms with E-state index >= 15 is 0 Å². The number of hydrogen-bond donors (Lipinski definition) is 1. The van der Waals surface area contributed by atoms with Crippen LogP contribution in [0.2, 0.25) is 10.0 Å². The first-order valence-electron chi connectivity index (χ1n) is 12.6. The molecule has 0 spiro atoms. The van der Waals surface area contributed by atoms with E-state index in [4.69, 9.17) is 23.2 Å². The molecule has 0 saturated carbocycles. The number of anilines is 1. The highest BCUT2D eigenvalue weighted by molar-refractivity contribution is 7.92. The van der Waals surface area contributed by atoms with Gasteiger partial charge in [-0.3, -0.25) is 13.9 Å². The molecular formula is C29H33Cl2N3O4S. The largest absolute Gasteiger partial charge is 0.354 e. The predicted molar refractivity (Wildman–Crippen MR) is 157 cm³/mol. The van der Waals surface area contributed by atoms with E-state index in [2.05, 4.69) is 5.32 Å². The number of hydrogen-bond acceptors (Lipinski definition) is 4. The minimum Gasteiger partial charge on any atom is -0.354 e. The lowest BCUT2D eigenvalue weighted by atomic mass is 10.1. The van der Waals surface area contributed by atoms with Crippen molar-refractivity contribution in [1.82, 2.24) is 10.2 Å². The van der Waals surface area contributed by atoms with Crippen LogP contribution in [-0.4, -0.2) is 44.3 Å². The van der Waals surface area contributed by atoms with Crippen molar-refractivity contribution in [3.05, 3.63) is 93.5 Å². The Balaban J connectivity index is 2.02. The summed E-state index contributed by atoms with van der Waals surface area (Å²) in [6, 6.07) is 17.4. The van der Waals surface area contributed by atoms with Crippen LogP contribution in [0.3, 0.4) is 0 Å². The van der Waals surface area contributed by atoms with E-state index in [1.165, 1.54) is 17.0 Å². The van der Waals surface area contributed by atoms with E-state index in [0.29, 0.717) is 27.8 Å². The van der Waals surface area contributed by atoms with Crippen LogP contribution in [0.1, 0.15) is 37.0 Å². The fourth-order valence-electron chi connectivity index (χ4n) is 3.89. The summed E-state index contributed by atoms with van der Waals surface area (Å²) in [6.07, 6.45) is 0.731. The summed E-state index contributed by atoms with van der Waals surface area (Å²) in [5.41, 5.74) is 2.84. The Labute approximate surface area is 240 Å². The van der Waals surface area contributed by atoms with Crippen LogP contribution in [0, 0.1) is 13.8 Å². The Morgan fingerprint density at radius 2 is 1.49 bits per heavy atom. The lowest BCUT2D eigenvalue weighted by Crippen LogP contribution is -2.51. The third-order valence-electron chi connectivity index (χ3n) is 6.26. The third-order valence-corrected chi connectivity index (χ3v) is 8.79. The smallest absolute Gasteiger partial charge is 0.264 e. The van der Waals surface area contributed by atoms with Gasteiger partial charge in [0.1, 0.15) is 12.6 Å². The van der Waals surface area contributed by atoms with Gasteiger partial charge in [-0.25, -0.2) is 8.42 Å². The number of rotatable bonds is 11. The highest BCUT2D eigenvalue weighted by atomic mass is 35.5. The van der Waals surface area contributed by atoms with E-state index in [9.17, 15) is 18.0 Å². The van der Waals surface area contributed by atoms with Crippen LogP contribution in [0.15, 0.2) is 71.6 Å². The second-order valence-electron chi connectivity index (χ2n) is 9.40. The molecule has 0 unspecified atom stereocenters. The van der Waals surface area contributed by atoms with Crippen molar-refractivity contribution in [1.29, 1.82) is 0 Å². The van der Waals surface area contributed by atoms with Crippen LogP contribution in [-0.2, 0) is 26.2 Å². The van der Waals surface area contributed by atoms with Gasteiger partial charge in [0.2, 0.25) is 11.8 Å². The maximum atomic E-state index is 13.9. The van der Waals surface area contributed by atoms with Crippen molar-refractivity contribution in [3.8, 4) is 0 Å². The van der Waals surface area contributed by atoms with Crippen LogP contribution in [0.25, 0.3) is 0 Å². The summed E-state index contributed by atoms with van der Waals surface area (Å²) in [7, 11) is -4.11. The average Bonchev–Trinajstić information content (AvgIpc) is 2.91. The van der Waals surface area contributed by atoms with Crippen molar-refractivity contribution in [2.75, 3.05) is 17.4 Å². The predicted octanol–water partition coefficient (Wildman–Crippen LogP) is 5.75. The van der Waals surface area contributed by atoms with E-state index in [1.54, 1.807) is 61.5 Å². The Morgan fingerprint density at radius 1 is 0.897 bits per heavy atom. The minimum absolute atomic E-state index is 0.0305. The zero-order valence-electron chi connectivity index (χ0n) is 22.4. The molecule has 0 aliphatic rings. The van der Waals surface area contributed by atoms with Crippen LogP contribution < -0.4 is 9.62 Å². The number of halogens is 2. The number of aryl methyl sites for hydroxylation is 2. The van der Waals surface area contributed by atoms with Crippen molar-refractivity contribution in [2.45, 2.75) is 51.6 Å². The van der Waals surface area contributed by atoms with Crippen molar-refractivity contribution >= 4 is 50.7 Å². The number of nitrogens with one attached hydrogen (secondary N) is 1. The van der Waals surface area contributed by atoms with Gasteiger partial charge in [-0.15, -0.1) is 0 Å². The maximum Gasteiger partial charge on any atom is 0.264 e. The van der Waals surface area contributed by atoms with Gasteiger partial charge in [-0.05, 0) is 69.2 Å². The second-order valence-corrected chi connectivity index (χ2v) is 12.1. The van der Waals surface area contributed by atoms with E-state index in [0.717, 1.165) is 21.9 Å². The van der Waals surface area contributed by atoms with Gasteiger partial charge in [-0.2, -0.15) is 0 Å². The van der Waals surface area contributed by atoms with Crippen LogP contribution >= 0.6 is 23.2 Å². The van der Waals surface area contributed by atoms with Gasteiger partial charge in [0, 0.05) is 13.1 Å². The van der Waals surface area contributed by atoms with Crippen molar-refractivity contribution in [3.63, 3.8) is 0 Å². The summed E-state index contributed by atoms with van der Waals surface area (Å²) in [6.45, 7) is 7.28. The van der Waals surface area contributed by atoms with Crippen molar-refractivity contribution < 1.29 is 18.0 Å². The highest BCUT2D eigenvalue weighted by Crippen LogP contribution is 2.26. The minimum atomic E-state index is -4.11. The standard InChI is InChI=1S/C29H33Cl2N3O4S/c1-5-16-32-29(36)22(4)33(18-23-10-15-26(30)27(31)17-23)28(35)19-34(24-11-6-20(2)7-12-24)39(37,38)25-13-8-21(3)9-14-25/h6-15,17,22H,5,16,18-19H2,1-4H3,(H,32,36)/t22-/m1/s1. The first-order chi connectivity index (χ1) is 18.4. The molecule has 208 valence electrons. The molecule has 0 aromatic heterocycles. The van der Waals surface area contributed by atoms with Crippen LogP contribution in [0.4, 0.5) is 5.69 Å². The average molecular weight is 591 g/mol. The summed E-state index contributed by atoms with van der Waals surface area (Å²) < 4.78 is 28.7. The number of amides is 2. The van der Waals surface area contributed by atoms with Gasteiger partial charge in [0.25, 0.3) is 10.0 Å². The summed E-state index contributed by atoms with van der Waals surface area (Å²) in [5.74, 6) is -0.884. The molecule has 1 N–H and O–H groups in total. The molecule has 0 aliphatic carbocycles. The molecule has 3 rings (SSSR count). The lowest BCUT2D eigenvalue weighted by molar-refractivity contribution is -0.139. The number of nitrogens with zero attached hydrogens (tertiary/aromatic N) is 2. The molecule has 10 heteroatoms. The molecule has 0 aliphatic heterocycles. The Kier molecular flexibility index (Phi) is 10.4. The van der Waals surface area contributed by atoms with E-state index in [1.807, 2.05) is 20.8 Å². The Morgan fingerprint density at radius 3 is 2.05 bits per heavy atom. The van der Waals surface area contributed by atoms with E-state index < -0.39 is 28.5 Å². The molecule has 0 bridgehead atoms. The first kappa shape index (κ1) is 30.5. The zero-order chi connectivity index (χ0) is 28.7. The SMILES string of the molecule is CCCNC(=O)[C@@H](C)N(Cc1ccc(Cl)c(Cl)c1)C(=O)CN(c1ccc(C)cc1)S(=O)(=O)c1ccc(C)cc1. The fraction of sp³-hybridized carbons (Fsp3) is 0.310. The Bertz CT molecular complexity index is 1410. The number of benzene rings is 3. The monoisotopic (exact) mass is 589 g/mol. The summed E-state index contributed by atoms with van der Waals surface area (Å²) in [5, 5.41) is 3.49. The molecule has 0 fully saturated rings. The fourth-order valence-corrected chi connectivity index (χ4v) is 5.63. The molecule has 1 atom stereocenters. The molecular weight excluding hydrogens is 557 g/mol. The number of carbonyl (C=O) groups is 2. The highest BCUT2D eigenvalue weighted by Gasteiger charge is 2.32. The lowest BCUT2D eigenvalue weighted by Gasteiger charge is -2.32. The summed E-state index contributed by atoms with van der Waals surface area (Å²) in [4.78, 5) is 28.2. The molecule has 0 saturated heterocycles. The number of sulfonamides is 1. The molecule has 3 aromatic rings. The van der Waals surface area contributed by atoms with Gasteiger partial charge < -0.3 is 10.2 Å². The van der Waals surface area contributed by atoms with Gasteiger partial charge >= 0.3 is 0 Å². The second kappa shape index (κ2) is 13.3. The van der Waals surface area contributed by atoms with Gasteiger partial charge in [0.15, 0.2) is 0 Å². The van der Waals surface area contributed by atoms with Crippen LogP contribution in [0.5, 0.6) is 0 Å². The molecule has 0 radical (unpaired) electrons. The molecule has 3 aromatic carbocycles. The molecule has 39 heavy (non-hydrogen) atoms. The quantitative estimate of drug-likeness (QED) is 0.308. The van der Waals surface area contributed by atoms with Gasteiger partial charge in [0.05, 0.1) is 20.6 Å². The maximum absolute atomic E-state index is 13.9.